The average molecular weight is 340 g/mol. The maximum absolute atomic E-state index is 9.05. The van der Waals surface area contributed by atoms with E-state index >= 15 is 0 Å². The predicted octanol–water partition coefficient (Wildman–Crippen LogP) is 2.75. The van der Waals surface area contributed by atoms with E-state index < -0.39 is 0 Å². The molecule has 2 heterocycles. The van der Waals surface area contributed by atoms with Gasteiger partial charge in [-0.3, -0.25) is 9.56 Å². The summed E-state index contributed by atoms with van der Waals surface area (Å²) >= 11 is 6.24. The molecule has 120 valence electrons. The van der Waals surface area contributed by atoms with Gasteiger partial charge >= 0.3 is 0 Å². The summed E-state index contributed by atoms with van der Waals surface area (Å²) in [6.45, 7) is 0.588. The third kappa shape index (κ3) is 2.50. The minimum absolute atomic E-state index is 0.190. The van der Waals surface area contributed by atoms with Gasteiger partial charge in [0.2, 0.25) is 0 Å². The highest BCUT2D eigenvalue weighted by Crippen LogP contribution is 2.28. The lowest BCUT2D eigenvalue weighted by Crippen LogP contribution is -2.14. The molecule has 1 aromatic heterocycles. The van der Waals surface area contributed by atoms with Crippen LogP contribution in [-0.2, 0) is 13.1 Å². The number of hydrogen-bond donors (Lipinski definition) is 2. The van der Waals surface area contributed by atoms with Crippen LogP contribution < -0.4 is 5.48 Å². The Hall–Kier alpha value is -2.54. The van der Waals surface area contributed by atoms with Crippen molar-refractivity contribution in [3.05, 3.63) is 76.3 Å². The maximum atomic E-state index is 9.05. The van der Waals surface area contributed by atoms with Gasteiger partial charge in [0, 0.05) is 16.1 Å². The van der Waals surface area contributed by atoms with E-state index in [0.717, 1.165) is 28.4 Å². The smallest absolute Gasteiger partial charge is 0.159 e. The van der Waals surface area contributed by atoms with E-state index in [1.54, 1.807) is 0 Å². The number of nitrogens with one attached hydrogen (secondary N) is 1. The topological polar surface area (TPSA) is 75.3 Å². The highest BCUT2D eigenvalue weighted by Gasteiger charge is 2.22. The molecule has 24 heavy (non-hydrogen) atoms. The molecule has 0 unspecified atom stereocenters. The van der Waals surface area contributed by atoms with Crippen LogP contribution in [0.2, 0.25) is 5.02 Å². The summed E-state index contributed by atoms with van der Waals surface area (Å²) in [5, 5.41) is 18.0. The van der Waals surface area contributed by atoms with Crippen LogP contribution in [0.15, 0.2) is 53.5 Å². The van der Waals surface area contributed by atoms with Crippen molar-refractivity contribution >= 4 is 17.3 Å². The molecular weight excluding hydrogens is 326 g/mol. The molecule has 0 fully saturated rings. The molecule has 4 rings (SSSR count). The number of hydroxylamine groups is 1. The number of aromatic nitrogens is 3. The summed E-state index contributed by atoms with van der Waals surface area (Å²) in [7, 11) is 0. The molecule has 0 saturated carbocycles. The van der Waals surface area contributed by atoms with Crippen molar-refractivity contribution in [1.29, 1.82) is 0 Å². The Morgan fingerprint density at radius 1 is 1.12 bits per heavy atom. The minimum Gasteiger partial charge on any atom is -0.316 e. The van der Waals surface area contributed by atoms with E-state index in [1.807, 2.05) is 53.1 Å². The lowest BCUT2D eigenvalue weighted by Gasteiger charge is -2.13. The Morgan fingerprint density at radius 2 is 1.96 bits per heavy atom. The normalized spacial score (nSPS) is 13.0. The van der Waals surface area contributed by atoms with Gasteiger partial charge in [0.15, 0.2) is 11.6 Å². The third-order valence-corrected chi connectivity index (χ3v) is 4.15. The van der Waals surface area contributed by atoms with Crippen LogP contribution in [0, 0.1) is 0 Å². The number of hydrogen-bond acceptors (Lipinski definition) is 5. The van der Waals surface area contributed by atoms with Gasteiger partial charge in [0.1, 0.15) is 6.54 Å². The minimum atomic E-state index is 0.190. The van der Waals surface area contributed by atoms with Crippen LogP contribution in [0.25, 0.3) is 5.69 Å². The zero-order valence-electron chi connectivity index (χ0n) is 12.6. The monoisotopic (exact) mass is 339 g/mol. The fraction of sp³-hybridized carbons (Fsp3) is 0.118. The van der Waals surface area contributed by atoms with Crippen molar-refractivity contribution in [2.24, 2.45) is 4.99 Å². The first kappa shape index (κ1) is 15.0. The molecule has 1 aliphatic rings. The molecule has 1 aliphatic heterocycles. The molecule has 6 nitrogen and oxygen atoms in total. The lowest BCUT2D eigenvalue weighted by molar-refractivity contribution is 0.158. The van der Waals surface area contributed by atoms with E-state index in [1.165, 1.54) is 0 Å². The number of nitrogens with zero attached hydrogens (tertiary/aromatic N) is 4. The summed E-state index contributed by atoms with van der Waals surface area (Å²) in [6.07, 6.45) is 0. The van der Waals surface area contributed by atoms with Gasteiger partial charge < -0.3 is 5.21 Å². The maximum Gasteiger partial charge on any atom is 0.159 e. The van der Waals surface area contributed by atoms with Gasteiger partial charge in [-0.2, -0.15) is 5.48 Å². The van der Waals surface area contributed by atoms with Gasteiger partial charge in [0.05, 0.1) is 17.9 Å². The van der Waals surface area contributed by atoms with E-state index in [4.69, 9.17) is 21.8 Å². The number of halogens is 1. The van der Waals surface area contributed by atoms with E-state index in [-0.39, 0.29) is 6.54 Å². The first-order valence-electron chi connectivity index (χ1n) is 7.48. The fourth-order valence-corrected chi connectivity index (χ4v) is 3.06. The molecule has 0 radical (unpaired) electrons. The largest absolute Gasteiger partial charge is 0.316 e. The van der Waals surface area contributed by atoms with Gasteiger partial charge in [-0.25, -0.2) is 0 Å². The second-order valence-electron chi connectivity index (χ2n) is 5.40. The lowest BCUT2D eigenvalue weighted by atomic mass is 10.0. The summed E-state index contributed by atoms with van der Waals surface area (Å²) in [5.74, 6) is 1.33. The van der Waals surface area contributed by atoms with Gasteiger partial charge in [-0.05, 0) is 18.2 Å². The summed E-state index contributed by atoms with van der Waals surface area (Å²) < 4.78 is 1.91. The summed E-state index contributed by atoms with van der Waals surface area (Å²) in [5.41, 5.74) is 5.82. The van der Waals surface area contributed by atoms with Crippen LogP contribution >= 0.6 is 11.6 Å². The fourth-order valence-electron chi connectivity index (χ4n) is 2.89. The predicted molar refractivity (Wildman–Crippen MR) is 90.8 cm³/mol. The number of rotatable bonds is 3. The first-order chi connectivity index (χ1) is 11.8. The standard InChI is InChI=1S/C17H14ClN5O/c18-12-6-7-14-13(8-12)17(11-4-2-1-3-5-11)19-9-15-21-22-16(10-20-24)23(14)15/h1-8,20,24H,9-10H2. The zero-order valence-corrected chi connectivity index (χ0v) is 13.4. The third-order valence-electron chi connectivity index (χ3n) is 3.91. The van der Waals surface area contributed by atoms with E-state index in [0.29, 0.717) is 17.4 Å². The van der Waals surface area contributed by atoms with Crippen LogP contribution in [0.5, 0.6) is 0 Å². The van der Waals surface area contributed by atoms with Crippen molar-refractivity contribution in [2.45, 2.75) is 13.1 Å². The van der Waals surface area contributed by atoms with Crippen molar-refractivity contribution in [3.63, 3.8) is 0 Å². The Kier molecular flexibility index (Phi) is 3.86. The Morgan fingerprint density at radius 3 is 2.75 bits per heavy atom. The van der Waals surface area contributed by atoms with Gasteiger partial charge in [-0.1, -0.05) is 41.9 Å². The molecule has 0 bridgehead atoms. The molecule has 0 spiro atoms. The van der Waals surface area contributed by atoms with Crippen molar-refractivity contribution in [1.82, 2.24) is 20.2 Å². The molecule has 0 amide bonds. The SMILES string of the molecule is ONCc1nnc2n1-c1ccc(Cl)cc1C(c1ccccc1)=NC2. The Balaban J connectivity index is 1.96. The second-order valence-corrected chi connectivity index (χ2v) is 5.83. The van der Waals surface area contributed by atoms with Gasteiger partial charge in [-0.15, -0.1) is 10.2 Å². The van der Waals surface area contributed by atoms with Crippen molar-refractivity contribution in [2.75, 3.05) is 0 Å². The zero-order chi connectivity index (χ0) is 16.5. The number of aliphatic imine (C=N–C) groups is 1. The van der Waals surface area contributed by atoms with Crippen LogP contribution in [0.3, 0.4) is 0 Å². The molecule has 0 saturated heterocycles. The number of fused-ring (bicyclic) bond motifs is 3. The molecule has 2 N–H and O–H groups in total. The number of benzene rings is 2. The average Bonchev–Trinajstić information content (AvgIpc) is 2.92. The Labute approximate surface area is 143 Å². The second kappa shape index (κ2) is 6.16. The molecule has 7 heteroatoms. The van der Waals surface area contributed by atoms with Gasteiger partial charge in [0.25, 0.3) is 0 Å². The summed E-state index contributed by atoms with van der Waals surface area (Å²) in [4.78, 5) is 4.74. The quantitative estimate of drug-likeness (QED) is 0.719. The van der Waals surface area contributed by atoms with E-state index in [9.17, 15) is 0 Å². The molecule has 0 aliphatic carbocycles. The highest BCUT2D eigenvalue weighted by atomic mass is 35.5. The summed E-state index contributed by atoms with van der Waals surface area (Å²) in [6, 6.07) is 15.6. The Bertz CT molecular complexity index is 920. The van der Waals surface area contributed by atoms with Crippen LogP contribution in [-0.4, -0.2) is 25.7 Å². The van der Waals surface area contributed by atoms with Crippen molar-refractivity contribution < 1.29 is 5.21 Å². The van der Waals surface area contributed by atoms with Crippen LogP contribution in [0.1, 0.15) is 22.8 Å². The first-order valence-corrected chi connectivity index (χ1v) is 7.86. The molecule has 0 atom stereocenters. The molecular formula is C17H14ClN5O. The van der Waals surface area contributed by atoms with Crippen molar-refractivity contribution in [3.8, 4) is 5.69 Å². The van der Waals surface area contributed by atoms with E-state index in [2.05, 4.69) is 15.7 Å². The molecule has 3 aromatic rings. The van der Waals surface area contributed by atoms with Crippen LogP contribution in [0.4, 0.5) is 0 Å². The molecule has 2 aromatic carbocycles. The highest BCUT2D eigenvalue weighted by molar-refractivity contribution is 6.31.